The van der Waals surface area contributed by atoms with Gasteiger partial charge in [-0.15, -0.1) is 0 Å². The smallest absolute Gasteiger partial charge is 0.142 e. The summed E-state index contributed by atoms with van der Waals surface area (Å²) >= 11 is 6.04. The molecule has 86 valence electrons. The first kappa shape index (κ1) is 11.4. The summed E-state index contributed by atoms with van der Waals surface area (Å²) in [6, 6.07) is 0. The van der Waals surface area contributed by atoms with E-state index >= 15 is 0 Å². The number of aliphatic hydroxyl groups is 1. The molecule has 2 aromatic heterocycles. The second-order valence-corrected chi connectivity index (χ2v) is 5.06. The number of aromatic amines is 1. The molecule has 0 unspecified atom stereocenters. The summed E-state index contributed by atoms with van der Waals surface area (Å²) in [7, 11) is 0. The number of halogens is 1. The molecule has 2 heterocycles. The fraction of sp³-hybridized carbons (Fsp3) is 0.455. The Balaban J connectivity index is 2.46. The van der Waals surface area contributed by atoms with Crippen molar-refractivity contribution < 1.29 is 5.11 Å². The van der Waals surface area contributed by atoms with Crippen LogP contribution in [-0.2, 0) is 6.42 Å². The van der Waals surface area contributed by atoms with Crippen LogP contribution in [0.1, 0.15) is 19.4 Å². The molecule has 4 nitrogen and oxygen atoms in total. The fourth-order valence-electron chi connectivity index (χ4n) is 1.70. The Labute approximate surface area is 98.7 Å². The van der Waals surface area contributed by atoms with Crippen LogP contribution in [0.4, 0.5) is 0 Å². The summed E-state index contributed by atoms with van der Waals surface area (Å²) in [4.78, 5) is 11.1. The number of rotatable bonds is 3. The quantitative estimate of drug-likeness (QED) is 0.807. The average Bonchev–Trinajstić information content (AvgIpc) is 2.62. The Hall–Kier alpha value is -1.13. The van der Waals surface area contributed by atoms with Crippen LogP contribution >= 0.6 is 11.6 Å². The summed E-state index contributed by atoms with van der Waals surface area (Å²) in [5, 5.41) is 10.6. The van der Waals surface area contributed by atoms with E-state index in [9.17, 15) is 5.11 Å². The standard InChI is InChI=1S/C11H14ClN3O/c1-11(2,5-16)3-7-4-13-10-8(7)9(12)14-6-15-10/h4,6,16H,3,5H2,1-2H3,(H,13,14,15). The SMILES string of the molecule is CC(C)(CO)Cc1c[nH]c2ncnc(Cl)c12. The fourth-order valence-corrected chi connectivity index (χ4v) is 1.95. The Morgan fingerprint density at radius 3 is 2.88 bits per heavy atom. The minimum Gasteiger partial charge on any atom is -0.396 e. The van der Waals surface area contributed by atoms with E-state index in [1.807, 2.05) is 20.0 Å². The minimum absolute atomic E-state index is 0.130. The van der Waals surface area contributed by atoms with Gasteiger partial charge in [0.05, 0.1) is 5.39 Å². The molecule has 2 aromatic rings. The van der Waals surface area contributed by atoms with Crippen LogP contribution in [0.2, 0.25) is 5.15 Å². The van der Waals surface area contributed by atoms with Gasteiger partial charge in [0.15, 0.2) is 0 Å². The van der Waals surface area contributed by atoms with Crippen molar-refractivity contribution in [2.45, 2.75) is 20.3 Å². The maximum absolute atomic E-state index is 9.26. The number of H-pyrrole nitrogens is 1. The van der Waals surface area contributed by atoms with Crippen LogP contribution in [-0.4, -0.2) is 26.7 Å². The van der Waals surface area contributed by atoms with Crippen molar-refractivity contribution >= 4 is 22.6 Å². The zero-order valence-electron chi connectivity index (χ0n) is 9.29. The zero-order chi connectivity index (χ0) is 11.8. The van der Waals surface area contributed by atoms with Crippen molar-refractivity contribution in [3.63, 3.8) is 0 Å². The first-order chi connectivity index (χ1) is 7.53. The molecule has 2 N–H and O–H groups in total. The molecule has 0 aliphatic rings. The van der Waals surface area contributed by atoms with Gasteiger partial charge < -0.3 is 10.1 Å². The van der Waals surface area contributed by atoms with Gasteiger partial charge in [-0.25, -0.2) is 9.97 Å². The number of hydrogen-bond acceptors (Lipinski definition) is 3. The maximum Gasteiger partial charge on any atom is 0.142 e. The van der Waals surface area contributed by atoms with Gasteiger partial charge in [0.2, 0.25) is 0 Å². The Morgan fingerprint density at radius 2 is 2.19 bits per heavy atom. The van der Waals surface area contributed by atoms with Crippen LogP contribution in [0.15, 0.2) is 12.5 Å². The van der Waals surface area contributed by atoms with Crippen molar-refractivity contribution in [1.29, 1.82) is 0 Å². The lowest BCUT2D eigenvalue weighted by Crippen LogP contribution is -2.19. The minimum atomic E-state index is -0.172. The molecule has 0 radical (unpaired) electrons. The molecule has 0 amide bonds. The summed E-state index contributed by atoms with van der Waals surface area (Å²) in [5.41, 5.74) is 1.61. The Morgan fingerprint density at radius 1 is 1.44 bits per heavy atom. The van der Waals surface area contributed by atoms with Crippen molar-refractivity contribution in [1.82, 2.24) is 15.0 Å². The van der Waals surface area contributed by atoms with Gasteiger partial charge >= 0.3 is 0 Å². The van der Waals surface area contributed by atoms with Gasteiger partial charge in [0.1, 0.15) is 17.1 Å². The Bertz CT molecular complexity index is 507. The van der Waals surface area contributed by atoms with E-state index in [2.05, 4.69) is 15.0 Å². The predicted molar refractivity (Wildman–Crippen MR) is 63.5 cm³/mol. The first-order valence-electron chi connectivity index (χ1n) is 5.11. The van der Waals surface area contributed by atoms with Crippen LogP contribution < -0.4 is 0 Å². The number of nitrogens with one attached hydrogen (secondary N) is 1. The van der Waals surface area contributed by atoms with E-state index in [4.69, 9.17) is 11.6 Å². The molecular formula is C11H14ClN3O. The van der Waals surface area contributed by atoms with Gasteiger partial charge in [-0.3, -0.25) is 0 Å². The highest BCUT2D eigenvalue weighted by Gasteiger charge is 2.20. The van der Waals surface area contributed by atoms with Crippen molar-refractivity contribution in [3.8, 4) is 0 Å². The summed E-state index contributed by atoms with van der Waals surface area (Å²) in [6.07, 6.45) is 4.04. The molecule has 0 spiro atoms. The highest BCUT2D eigenvalue weighted by atomic mass is 35.5. The first-order valence-corrected chi connectivity index (χ1v) is 5.48. The maximum atomic E-state index is 9.26. The molecule has 0 aliphatic carbocycles. The molecule has 16 heavy (non-hydrogen) atoms. The lowest BCUT2D eigenvalue weighted by atomic mass is 9.87. The Kier molecular flexibility index (Phi) is 2.86. The summed E-state index contributed by atoms with van der Waals surface area (Å²) in [6.45, 7) is 4.14. The average molecular weight is 240 g/mol. The predicted octanol–water partition coefficient (Wildman–Crippen LogP) is 2.17. The molecular weight excluding hydrogens is 226 g/mol. The van der Waals surface area contributed by atoms with Gasteiger partial charge in [-0.2, -0.15) is 0 Å². The normalized spacial score (nSPS) is 12.2. The lowest BCUT2D eigenvalue weighted by molar-refractivity contribution is 0.160. The van der Waals surface area contributed by atoms with E-state index in [1.165, 1.54) is 6.33 Å². The molecule has 0 bridgehead atoms. The van der Waals surface area contributed by atoms with Crippen molar-refractivity contribution in [2.24, 2.45) is 5.41 Å². The molecule has 0 fully saturated rings. The van der Waals surface area contributed by atoms with Crippen LogP contribution in [0, 0.1) is 5.41 Å². The third kappa shape index (κ3) is 2.03. The van der Waals surface area contributed by atoms with Crippen LogP contribution in [0.5, 0.6) is 0 Å². The van der Waals surface area contributed by atoms with Gasteiger partial charge in [-0.05, 0) is 17.4 Å². The van der Waals surface area contributed by atoms with Crippen LogP contribution in [0.3, 0.4) is 0 Å². The lowest BCUT2D eigenvalue weighted by Gasteiger charge is -2.20. The monoisotopic (exact) mass is 239 g/mol. The number of hydrogen-bond donors (Lipinski definition) is 2. The van der Waals surface area contributed by atoms with Crippen molar-refractivity contribution in [3.05, 3.63) is 23.2 Å². The molecule has 2 rings (SSSR count). The van der Waals surface area contributed by atoms with Crippen molar-refractivity contribution in [2.75, 3.05) is 6.61 Å². The molecule has 0 saturated heterocycles. The van der Waals surface area contributed by atoms with E-state index in [0.29, 0.717) is 5.15 Å². The largest absolute Gasteiger partial charge is 0.396 e. The summed E-state index contributed by atoms with van der Waals surface area (Å²) < 4.78 is 0. The van der Waals surface area contributed by atoms with E-state index in [1.54, 1.807) is 0 Å². The zero-order valence-corrected chi connectivity index (χ0v) is 10.0. The highest BCUT2D eigenvalue weighted by molar-refractivity contribution is 6.34. The number of aliphatic hydroxyl groups excluding tert-OH is 1. The van der Waals surface area contributed by atoms with E-state index < -0.39 is 0 Å². The number of fused-ring (bicyclic) bond motifs is 1. The molecule has 0 aromatic carbocycles. The molecule has 0 aliphatic heterocycles. The molecule has 5 heteroatoms. The number of nitrogens with zero attached hydrogens (tertiary/aromatic N) is 2. The van der Waals surface area contributed by atoms with E-state index in [0.717, 1.165) is 23.0 Å². The summed E-state index contributed by atoms with van der Waals surface area (Å²) in [5.74, 6) is 0. The van der Waals surface area contributed by atoms with Gasteiger partial charge in [-0.1, -0.05) is 25.4 Å². The van der Waals surface area contributed by atoms with Gasteiger partial charge in [0, 0.05) is 12.8 Å². The molecule has 0 atom stereocenters. The third-order valence-corrected chi connectivity index (χ3v) is 2.89. The van der Waals surface area contributed by atoms with Crippen LogP contribution in [0.25, 0.3) is 11.0 Å². The second kappa shape index (κ2) is 4.03. The second-order valence-electron chi connectivity index (χ2n) is 4.70. The highest BCUT2D eigenvalue weighted by Crippen LogP contribution is 2.29. The molecule has 0 saturated carbocycles. The topological polar surface area (TPSA) is 61.8 Å². The number of aromatic nitrogens is 3. The van der Waals surface area contributed by atoms with E-state index in [-0.39, 0.29) is 12.0 Å². The third-order valence-electron chi connectivity index (χ3n) is 2.60. The van der Waals surface area contributed by atoms with Gasteiger partial charge in [0.25, 0.3) is 0 Å².